The summed E-state index contributed by atoms with van der Waals surface area (Å²) in [6.07, 6.45) is 2.77. The number of nitrogens with one attached hydrogen (secondary N) is 1. The number of anilines is 1. The van der Waals surface area contributed by atoms with Crippen LogP contribution in [0.5, 0.6) is 0 Å². The van der Waals surface area contributed by atoms with E-state index in [0.717, 1.165) is 49.7 Å². The van der Waals surface area contributed by atoms with Crippen molar-refractivity contribution in [1.82, 2.24) is 19.8 Å². The van der Waals surface area contributed by atoms with Gasteiger partial charge in [0.05, 0.1) is 11.2 Å². The van der Waals surface area contributed by atoms with Crippen molar-refractivity contribution >= 4 is 23.1 Å². The first-order valence-electron chi connectivity index (χ1n) is 8.57. The Morgan fingerprint density at radius 1 is 1.44 bits per heavy atom. The van der Waals surface area contributed by atoms with E-state index in [1.165, 1.54) is 4.88 Å². The molecular weight excluding hydrogens is 334 g/mol. The van der Waals surface area contributed by atoms with E-state index in [1.807, 2.05) is 29.5 Å². The molecule has 0 saturated carbocycles. The van der Waals surface area contributed by atoms with Gasteiger partial charge < -0.3 is 15.1 Å². The van der Waals surface area contributed by atoms with Crippen LogP contribution in [-0.2, 0) is 6.54 Å². The van der Waals surface area contributed by atoms with Gasteiger partial charge in [0.1, 0.15) is 0 Å². The predicted molar refractivity (Wildman–Crippen MR) is 101 cm³/mol. The molecule has 3 rings (SSSR count). The van der Waals surface area contributed by atoms with Crippen molar-refractivity contribution in [2.45, 2.75) is 26.8 Å². The monoisotopic (exact) mass is 359 g/mol. The highest BCUT2D eigenvalue weighted by Crippen LogP contribution is 2.21. The van der Waals surface area contributed by atoms with Crippen LogP contribution in [0.1, 0.15) is 22.7 Å². The number of carbonyl (C=O) groups excluding carboxylic acids is 1. The molecule has 1 fully saturated rings. The van der Waals surface area contributed by atoms with Crippen molar-refractivity contribution in [3.05, 3.63) is 40.1 Å². The number of hydrogen-bond donors (Lipinski definition) is 1. The fraction of sp³-hybridized carbons (Fsp3) is 0.500. The summed E-state index contributed by atoms with van der Waals surface area (Å²) in [5.74, 6) is 0.517. The van der Waals surface area contributed by atoms with Gasteiger partial charge in [-0.25, -0.2) is 9.78 Å². The fourth-order valence-electron chi connectivity index (χ4n) is 3.22. The zero-order chi connectivity index (χ0) is 17.8. The number of amides is 2. The molecule has 1 unspecified atom stereocenters. The number of aryl methyl sites for hydroxylation is 2. The molecule has 1 aliphatic rings. The summed E-state index contributed by atoms with van der Waals surface area (Å²) in [6.45, 7) is 7.52. The second-order valence-corrected chi connectivity index (χ2v) is 7.71. The summed E-state index contributed by atoms with van der Waals surface area (Å²) >= 11 is 1.71. The molecule has 3 heterocycles. The Kier molecular flexibility index (Phi) is 5.65. The standard InChI is InChI=1S/C18H25N5OS/c1-13-8-16(4-6-19-13)21-18(24)23-7-5-15(10-23)9-22(3)11-17-14(2)20-12-25-17/h4,6,8,12,15H,5,7,9-11H2,1-3H3,(H,19,21,24). The zero-order valence-corrected chi connectivity index (χ0v) is 15.8. The van der Waals surface area contributed by atoms with Crippen LogP contribution in [0.2, 0.25) is 0 Å². The summed E-state index contributed by atoms with van der Waals surface area (Å²) in [5.41, 5.74) is 4.73. The molecule has 1 atom stereocenters. The Hall–Kier alpha value is -1.99. The van der Waals surface area contributed by atoms with Crippen LogP contribution in [0.3, 0.4) is 0 Å². The summed E-state index contributed by atoms with van der Waals surface area (Å²) in [4.78, 5) is 26.5. The van der Waals surface area contributed by atoms with E-state index in [1.54, 1.807) is 17.5 Å². The van der Waals surface area contributed by atoms with Crippen molar-refractivity contribution < 1.29 is 4.79 Å². The highest BCUT2D eigenvalue weighted by Gasteiger charge is 2.27. The molecule has 1 saturated heterocycles. The van der Waals surface area contributed by atoms with Gasteiger partial charge in [-0.2, -0.15) is 0 Å². The second-order valence-electron chi connectivity index (χ2n) is 6.77. The maximum Gasteiger partial charge on any atom is 0.321 e. The maximum atomic E-state index is 12.4. The topological polar surface area (TPSA) is 61.4 Å². The Morgan fingerprint density at radius 2 is 2.28 bits per heavy atom. The van der Waals surface area contributed by atoms with Crippen molar-refractivity contribution in [3.63, 3.8) is 0 Å². The van der Waals surface area contributed by atoms with Crippen molar-refractivity contribution in [2.75, 3.05) is 32.0 Å². The normalized spacial score (nSPS) is 17.3. The molecule has 1 N–H and O–H groups in total. The number of rotatable bonds is 5. The average molecular weight is 359 g/mol. The van der Waals surface area contributed by atoms with Gasteiger partial charge in [0.25, 0.3) is 0 Å². The van der Waals surface area contributed by atoms with Crippen LogP contribution in [-0.4, -0.2) is 52.5 Å². The smallest absolute Gasteiger partial charge is 0.321 e. The quantitative estimate of drug-likeness (QED) is 0.891. The van der Waals surface area contributed by atoms with Gasteiger partial charge in [-0.1, -0.05) is 0 Å². The van der Waals surface area contributed by atoms with E-state index in [2.05, 4.69) is 34.2 Å². The van der Waals surface area contributed by atoms with Crippen LogP contribution in [0.4, 0.5) is 10.5 Å². The third kappa shape index (κ3) is 4.76. The van der Waals surface area contributed by atoms with E-state index < -0.39 is 0 Å². The molecule has 2 aromatic rings. The average Bonchev–Trinajstić information content (AvgIpc) is 3.17. The summed E-state index contributed by atoms with van der Waals surface area (Å²) in [7, 11) is 2.14. The third-order valence-electron chi connectivity index (χ3n) is 4.55. The lowest BCUT2D eigenvalue weighted by Gasteiger charge is -2.21. The molecular formula is C18H25N5OS. The van der Waals surface area contributed by atoms with E-state index in [9.17, 15) is 4.79 Å². The first-order chi connectivity index (χ1) is 12.0. The van der Waals surface area contributed by atoms with Gasteiger partial charge in [-0.05, 0) is 45.4 Å². The summed E-state index contributed by atoms with van der Waals surface area (Å²) in [5, 5.41) is 2.97. The molecule has 1 aliphatic heterocycles. The first kappa shape index (κ1) is 17.8. The number of hydrogen-bond acceptors (Lipinski definition) is 5. The minimum absolute atomic E-state index is 0.0194. The van der Waals surface area contributed by atoms with E-state index in [0.29, 0.717) is 5.92 Å². The van der Waals surface area contributed by atoms with Crippen molar-refractivity contribution in [2.24, 2.45) is 5.92 Å². The number of likely N-dealkylation sites (tertiary alicyclic amines) is 1. The molecule has 0 radical (unpaired) electrons. The fourth-order valence-corrected chi connectivity index (χ4v) is 4.08. The number of thiazole rings is 1. The lowest BCUT2D eigenvalue weighted by Crippen LogP contribution is -2.34. The summed E-state index contributed by atoms with van der Waals surface area (Å²) < 4.78 is 0. The number of aromatic nitrogens is 2. The molecule has 25 heavy (non-hydrogen) atoms. The van der Waals surface area contributed by atoms with Gasteiger partial charge in [0.15, 0.2) is 0 Å². The van der Waals surface area contributed by atoms with E-state index in [-0.39, 0.29) is 6.03 Å². The predicted octanol–water partition coefficient (Wildman–Crippen LogP) is 3.14. The van der Waals surface area contributed by atoms with Crippen molar-refractivity contribution in [1.29, 1.82) is 0 Å². The van der Waals surface area contributed by atoms with Gasteiger partial charge in [0, 0.05) is 48.6 Å². The number of nitrogens with zero attached hydrogens (tertiary/aromatic N) is 4. The molecule has 2 amide bonds. The highest BCUT2D eigenvalue weighted by molar-refractivity contribution is 7.09. The Bertz CT molecular complexity index is 732. The van der Waals surface area contributed by atoms with Crippen LogP contribution in [0.15, 0.2) is 23.8 Å². The van der Waals surface area contributed by atoms with E-state index >= 15 is 0 Å². The number of urea groups is 1. The molecule has 6 nitrogen and oxygen atoms in total. The van der Waals surface area contributed by atoms with Crippen LogP contribution >= 0.6 is 11.3 Å². The second kappa shape index (κ2) is 7.93. The molecule has 0 aliphatic carbocycles. The Morgan fingerprint density at radius 3 is 3.00 bits per heavy atom. The lowest BCUT2D eigenvalue weighted by molar-refractivity contribution is 0.217. The molecule has 0 spiro atoms. The molecule has 0 bridgehead atoms. The SMILES string of the molecule is Cc1cc(NC(=O)N2CCC(CN(C)Cc3scnc3C)C2)ccn1. The molecule has 0 aromatic carbocycles. The van der Waals surface area contributed by atoms with Crippen molar-refractivity contribution in [3.8, 4) is 0 Å². The lowest BCUT2D eigenvalue weighted by atomic mass is 10.1. The summed E-state index contributed by atoms with van der Waals surface area (Å²) in [6, 6.07) is 3.69. The highest BCUT2D eigenvalue weighted by atomic mass is 32.1. The minimum atomic E-state index is -0.0194. The minimum Gasteiger partial charge on any atom is -0.324 e. The molecule has 2 aromatic heterocycles. The first-order valence-corrected chi connectivity index (χ1v) is 9.45. The number of carbonyl (C=O) groups is 1. The van der Waals surface area contributed by atoms with E-state index in [4.69, 9.17) is 0 Å². The molecule has 7 heteroatoms. The number of pyridine rings is 1. The van der Waals surface area contributed by atoms with Crippen LogP contribution in [0.25, 0.3) is 0 Å². The zero-order valence-electron chi connectivity index (χ0n) is 15.0. The Labute approximate surface area is 152 Å². The molecule has 134 valence electrons. The van der Waals surface area contributed by atoms with Crippen LogP contribution < -0.4 is 5.32 Å². The third-order valence-corrected chi connectivity index (χ3v) is 5.47. The van der Waals surface area contributed by atoms with Gasteiger partial charge in [-0.3, -0.25) is 4.98 Å². The Balaban J connectivity index is 1.48. The van der Waals surface area contributed by atoms with Gasteiger partial charge in [0.2, 0.25) is 0 Å². The maximum absolute atomic E-state index is 12.4. The van der Waals surface area contributed by atoms with Gasteiger partial charge in [-0.15, -0.1) is 11.3 Å². The van der Waals surface area contributed by atoms with Gasteiger partial charge >= 0.3 is 6.03 Å². The largest absolute Gasteiger partial charge is 0.324 e. The van der Waals surface area contributed by atoms with Crippen LogP contribution in [0, 0.1) is 19.8 Å².